The molecule has 3 rings (SSSR count). The Balaban J connectivity index is 0.000000277. The molecule has 0 atom stereocenters. The number of carboxylic acid groups (broad SMARTS) is 1. The lowest BCUT2D eigenvalue weighted by Crippen LogP contribution is -2.20. The number of aryl methyl sites for hydroxylation is 1. The minimum absolute atomic E-state index is 0.0566. The van der Waals surface area contributed by atoms with E-state index in [0.29, 0.717) is 22.3 Å². The molecule has 1 N–H and O–H groups in total. The van der Waals surface area contributed by atoms with Crippen LogP contribution in [0, 0.1) is 6.92 Å². The zero-order valence-corrected chi connectivity index (χ0v) is 12.9. The molecule has 0 amide bonds. The van der Waals surface area contributed by atoms with Gasteiger partial charge in [-0.1, -0.05) is 48.5 Å². The molecule has 2 aromatic carbocycles. The van der Waals surface area contributed by atoms with Gasteiger partial charge in [-0.15, -0.1) is 0 Å². The van der Waals surface area contributed by atoms with Gasteiger partial charge in [0.15, 0.2) is 11.6 Å². The Hall–Kier alpha value is -3.01. The van der Waals surface area contributed by atoms with E-state index in [0.717, 1.165) is 5.56 Å². The smallest absolute Gasteiger partial charge is 0.330 e. The van der Waals surface area contributed by atoms with Crippen LogP contribution in [0.3, 0.4) is 0 Å². The van der Waals surface area contributed by atoms with Gasteiger partial charge in [0.25, 0.3) is 0 Å². The molecule has 0 spiro atoms. The molecule has 0 fully saturated rings. The van der Waals surface area contributed by atoms with Gasteiger partial charge in [0.2, 0.25) is 0 Å². The number of hydrogen-bond acceptors (Lipinski definition) is 3. The summed E-state index contributed by atoms with van der Waals surface area (Å²) in [5.74, 6) is -1.05. The van der Waals surface area contributed by atoms with Gasteiger partial charge in [-0.3, -0.25) is 9.59 Å². The Morgan fingerprint density at radius 1 is 0.913 bits per heavy atom. The summed E-state index contributed by atoms with van der Waals surface area (Å²) >= 11 is 0. The number of hydrogen-bond donors (Lipinski definition) is 1. The molecule has 0 heterocycles. The number of ketones is 2. The van der Waals surface area contributed by atoms with Gasteiger partial charge in [0, 0.05) is 27.8 Å². The Morgan fingerprint density at radius 3 is 1.83 bits per heavy atom. The maximum Gasteiger partial charge on any atom is 0.330 e. The molecule has 1 aliphatic rings. The third-order valence-electron chi connectivity index (χ3n) is 3.45. The Kier molecular flexibility index (Phi) is 4.55. The van der Waals surface area contributed by atoms with Crippen LogP contribution in [0.25, 0.3) is 0 Å². The summed E-state index contributed by atoms with van der Waals surface area (Å²) in [5, 5.41) is 7.89. The van der Waals surface area contributed by atoms with Crippen LogP contribution in [0.2, 0.25) is 0 Å². The van der Waals surface area contributed by atoms with Crippen molar-refractivity contribution in [1.29, 1.82) is 0 Å². The number of benzene rings is 2. The number of carbonyl (C=O) groups excluding carboxylic acids is 2. The van der Waals surface area contributed by atoms with Crippen LogP contribution in [-0.2, 0) is 4.79 Å². The van der Waals surface area contributed by atoms with Crippen molar-refractivity contribution >= 4 is 17.5 Å². The second-order valence-electron chi connectivity index (χ2n) is 5.34. The average Bonchev–Trinajstić information content (AvgIpc) is 2.53. The summed E-state index contributed by atoms with van der Waals surface area (Å²) in [6, 6.07) is 12.4. The maximum absolute atomic E-state index is 12.3. The summed E-state index contributed by atoms with van der Waals surface area (Å²) in [5.41, 5.74) is 3.22. The summed E-state index contributed by atoms with van der Waals surface area (Å²) in [6.45, 7) is 6.52. The first-order valence-corrected chi connectivity index (χ1v) is 7.00. The second kappa shape index (κ2) is 6.40. The van der Waals surface area contributed by atoms with Crippen molar-refractivity contribution in [1.82, 2.24) is 0 Å². The SMILES string of the molecule is C=C(C)C(=O)O.Cc1ccc2c(c1)C(=O)c1ccccc1C2=O. The predicted molar refractivity (Wildman–Crippen MR) is 86.9 cm³/mol. The zero-order chi connectivity index (χ0) is 17.1. The van der Waals surface area contributed by atoms with E-state index in [1.807, 2.05) is 13.0 Å². The van der Waals surface area contributed by atoms with E-state index in [1.54, 1.807) is 36.4 Å². The molecule has 0 aromatic heterocycles. The fraction of sp³-hybridized carbons (Fsp3) is 0.105. The highest BCUT2D eigenvalue weighted by Gasteiger charge is 2.28. The van der Waals surface area contributed by atoms with Crippen LogP contribution in [0.4, 0.5) is 0 Å². The number of aliphatic carboxylic acids is 1. The molecule has 1 aliphatic carbocycles. The highest BCUT2D eigenvalue weighted by atomic mass is 16.4. The number of rotatable bonds is 1. The quantitative estimate of drug-likeness (QED) is 0.699. The van der Waals surface area contributed by atoms with Crippen molar-refractivity contribution in [3.05, 3.63) is 82.4 Å². The van der Waals surface area contributed by atoms with Crippen LogP contribution in [0.5, 0.6) is 0 Å². The van der Waals surface area contributed by atoms with Gasteiger partial charge >= 0.3 is 5.97 Å². The lowest BCUT2D eigenvalue weighted by atomic mass is 9.83. The normalized spacial score (nSPS) is 11.7. The van der Waals surface area contributed by atoms with Crippen molar-refractivity contribution < 1.29 is 19.5 Å². The molecular weight excluding hydrogens is 292 g/mol. The predicted octanol–water partition coefficient (Wildman–Crippen LogP) is 3.42. The number of carbonyl (C=O) groups is 3. The monoisotopic (exact) mass is 308 g/mol. The Labute approximate surface area is 134 Å². The second-order valence-corrected chi connectivity index (χ2v) is 5.34. The van der Waals surface area contributed by atoms with Gasteiger partial charge in [0.1, 0.15) is 0 Å². The van der Waals surface area contributed by atoms with Gasteiger partial charge < -0.3 is 5.11 Å². The minimum atomic E-state index is -0.935. The first kappa shape index (κ1) is 16.4. The Bertz CT molecular complexity index is 819. The molecule has 0 aliphatic heterocycles. The molecule has 4 heteroatoms. The van der Waals surface area contributed by atoms with Gasteiger partial charge in [0.05, 0.1) is 0 Å². The first-order valence-electron chi connectivity index (χ1n) is 7.00. The third-order valence-corrected chi connectivity index (χ3v) is 3.45. The van der Waals surface area contributed by atoms with Gasteiger partial charge in [-0.05, 0) is 19.9 Å². The molecule has 0 unspecified atom stereocenters. The zero-order valence-electron chi connectivity index (χ0n) is 12.9. The maximum atomic E-state index is 12.3. The highest BCUT2D eigenvalue weighted by Crippen LogP contribution is 2.27. The van der Waals surface area contributed by atoms with E-state index in [1.165, 1.54) is 6.92 Å². The van der Waals surface area contributed by atoms with Crippen LogP contribution < -0.4 is 0 Å². The lowest BCUT2D eigenvalue weighted by Gasteiger charge is -2.17. The molecule has 23 heavy (non-hydrogen) atoms. The largest absolute Gasteiger partial charge is 0.478 e. The molecular formula is C19H16O4. The first-order chi connectivity index (χ1) is 10.8. The number of carboxylic acids is 1. The van der Waals surface area contributed by atoms with E-state index < -0.39 is 5.97 Å². The topological polar surface area (TPSA) is 71.4 Å². The molecule has 116 valence electrons. The van der Waals surface area contributed by atoms with Crippen LogP contribution in [0.1, 0.15) is 44.3 Å². The van der Waals surface area contributed by atoms with Crippen LogP contribution in [0.15, 0.2) is 54.6 Å². The molecule has 0 saturated heterocycles. The third kappa shape index (κ3) is 3.26. The van der Waals surface area contributed by atoms with E-state index >= 15 is 0 Å². The van der Waals surface area contributed by atoms with Crippen molar-refractivity contribution in [3.63, 3.8) is 0 Å². The fourth-order valence-electron chi connectivity index (χ4n) is 2.21. The summed E-state index contributed by atoms with van der Waals surface area (Å²) < 4.78 is 0. The van der Waals surface area contributed by atoms with E-state index in [-0.39, 0.29) is 17.1 Å². The van der Waals surface area contributed by atoms with E-state index in [2.05, 4.69) is 6.58 Å². The highest BCUT2D eigenvalue weighted by molar-refractivity contribution is 6.28. The van der Waals surface area contributed by atoms with E-state index in [4.69, 9.17) is 5.11 Å². The van der Waals surface area contributed by atoms with Gasteiger partial charge in [-0.2, -0.15) is 0 Å². The van der Waals surface area contributed by atoms with Crippen LogP contribution in [-0.4, -0.2) is 22.6 Å². The van der Waals surface area contributed by atoms with E-state index in [9.17, 15) is 14.4 Å². The standard InChI is InChI=1S/C15H10O2.C4H6O2/c1-9-6-7-12-13(8-9)15(17)11-5-3-2-4-10(11)14(12)16;1-3(2)4(5)6/h2-8H,1H3;1H2,2H3,(H,5,6). The fourth-order valence-corrected chi connectivity index (χ4v) is 2.21. The van der Waals surface area contributed by atoms with Gasteiger partial charge in [-0.25, -0.2) is 4.79 Å². The molecule has 0 saturated carbocycles. The molecule has 2 aromatic rings. The molecule has 4 nitrogen and oxygen atoms in total. The molecule has 0 radical (unpaired) electrons. The van der Waals surface area contributed by atoms with Crippen molar-refractivity contribution in [3.8, 4) is 0 Å². The summed E-state index contributed by atoms with van der Waals surface area (Å²) in [6.07, 6.45) is 0. The Morgan fingerprint density at radius 2 is 1.35 bits per heavy atom. The summed E-state index contributed by atoms with van der Waals surface area (Å²) in [7, 11) is 0. The van der Waals surface area contributed by atoms with Crippen molar-refractivity contribution in [2.75, 3.05) is 0 Å². The lowest BCUT2D eigenvalue weighted by molar-refractivity contribution is -0.132. The minimum Gasteiger partial charge on any atom is -0.478 e. The summed E-state index contributed by atoms with van der Waals surface area (Å²) in [4.78, 5) is 34.1. The van der Waals surface area contributed by atoms with Crippen LogP contribution >= 0.6 is 0 Å². The van der Waals surface area contributed by atoms with Crippen molar-refractivity contribution in [2.45, 2.75) is 13.8 Å². The molecule has 0 bridgehead atoms. The van der Waals surface area contributed by atoms with Crippen molar-refractivity contribution in [2.24, 2.45) is 0 Å². The average molecular weight is 308 g/mol. The number of fused-ring (bicyclic) bond motifs is 2.